The number of aliphatic hydroxyl groups is 1. The molecule has 1 unspecified atom stereocenters. The van der Waals surface area contributed by atoms with Gasteiger partial charge in [0.15, 0.2) is 0 Å². The maximum atomic E-state index is 9.47. The third kappa shape index (κ3) is 4.43. The molecule has 15 heavy (non-hydrogen) atoms. The lowest BCUT2D eigenvalue weighted by Crippen LogP contribution is -2.25. The summed E-state index contributed by atoms with van der Waals surface area (Å²) >= 11 is 1.57. The number of rotatable bonds is 6. The van der Waals surface area contributed by atoms with Gasteiger partial charge in [0.1, 0.15) is 6.07 Å². The molecule has 1 aromatic heterocycles. The summed E-state index contributed by atoms with van der Waals surface area (Å²) in [5, 5.41) is 23.1. The highest BCUT2D eigenvalue weighted by atomic mass is 32.1. The van der Waals surface area contributed by atoms with E-state index in [9.17, 15) is 5.11 Å². The Morgan fingerprint density at radius 2 is 2.47 bits per heavy atom. The van der Waals surface area contributed by atoms with E-state index < -0.39 is 0 Å². The van der Waals surface area contributed by atoms with Crippen molar-refractivity contribution in [3.63, 3.8) is 0 Å². The Kier molecular flexibility index (Phi) is 5.33. The van der Waals surface area contributed by atoms with Gasteiger partial charge in [-0.05, 0) is 12.5 Å². The number of nitriles is 1. The molecule has 1 aromatic rings. The summed E-state index contributed by atoms with van der Waals surface area (Å²) in [4.78, 5) is 1.13. The molecule has 0 radical (unpaired) electrons. The summed E-state index contributed by atoms with van der Waals surface area (Å²) in [6.45, 7) is 3.41. The Balaban J connectivity index is 2.23. The highest BCUT2D eigenvalue weighted by Gasteiger charge is 2.03. The van der Waals surface area contributed by atoms with E-state index in [2.05, 4.69) is 18.3 Å². The first kappa shape index (κ1) is 12.2. The molecule has 1 rings (SSSR count). The van der Waals surface area contributed by atoms with Crippen LogP contribution in [-0.2, 0) is 6.54 Å². The third-order valence-electron chi connectivity index (χ3n) is 2.08. The number of thiophene rings is 1. The molecule has 0 amide bonds. The minimum absolute atomic E-state index is 0.259. The zero-order valence-electron chi connectivity index (χ0n) is 8.86. The van der Waals surface area contributed by atoms with Crippen molar-refractivity contribution >= 4 is 11.3 Å². The van der Waals surface area contributed by atoms with Crippen LogP contribution in [-0.4, -0.2) is 17.8 Å². The summed E-state index contributed by atoms with van der Waals surface area (Å²) in [6, 6.07) is 3.98. The lowest BCUT2D eigenvalue weighted by atomic mass is 10.2. The van der Waals surface area contributed by atoms with Crippen LogP contribution in [0.3, 0.4) is 0 Å². The minimum atomic E-state index is -0.259. The SMILES string of the molecule is CCCC(O)CNCc1cc(C#N)cs1. The Morgan fingerprint density at radius 1 is 1.67 bits per heavy atom. The highest BCUT2D eigenvalue weighted by Crippen LogP contribution is 2.13. The van der Waals surface area contributed by atoms with Gasteiger partial charge in [-0.2, -0.15) is 5.26 Å². The lowest BCUT2D eigenvalue weighted by Gasteiger charge is -2.09. The molecule has 0 aliphatic heterocycles. The summed E-state index contributed by atoms with van der Waals surface area (Å²) < 4.78 is 0. The van der Waals surface area contributed by atoms with Crippen molar-refractivity contribution in [3.05, 3.63) is 21.9 Å². The van der Waals surface area contributed by atoms with Gasteiger partial charge in [-0.15, -0.1) is 11.3 Å². The van der Waals surface area contributed by atoms with E-state index in [-0.39, 0.29) is 6.10 Å². The average molecular weight is 224 g/mol. The van der Waals surface area contributed by atoms with Gasteiger partial charge in [0.25, 0.3) is 0 Å². The molecule has 0 spiro atoms. The van der Waals surface area contributed by atoms with Crippen molar-refractivity contribution in [1.29, 1.82) is 5.26 Å². The molecule has 0 bridgehead atoms. The van der Waals surface area contributed by atoms with Gasteiger partial charge in [0, 0.05) is 23.3 Å². The van der Waals surface area contributed by atoms with Gasteiger partial charge < -0.3 is 10.4 Å². The topological polar surface area (TPSA) is 56.0 Å². The van der Waals surface area contributed by atoms with Crippen molar-refractivity contribution in [2.75, 3.05) is 6.54 Å². The quantitative estimate of drug-likeness (QED) is 0.775. The van der Waals surface area contributed by atoms with E-state index in [4.69, 9.17) is 5.26 Å². The van der Waals surface area contributed by atoms with Crippen LogP contribution in [0.4, 0.5) is 0 Å². The fraction of sp³-hybridized carbons (Fsp3) is 0.545. The predicted octanol–water partition coefficient (Wildman–Crippen LogP) is 1.87. The second-order valence-corrected chi connectivity index (χ2v) is 4.48. The molecule has 82 valence electrons. The van der Waals surface area contributed by atoms with Gasteiger partial charge in [-0.1, -0.05) is 13.3 Å². The molecule has 0 aliphatic carbocycles. The molecule has 3 nitrogen and oxygen atoms in total. The molecule has 0 saturated heterocycles. The van der Waals surface area contributed by atoms with Crippen LogP contribution in [0.2, 0.25) is 0 Å². The van der Waals surface area contributed by atoms with Crippen LogP contribution < -0.4 is 5.32 Å². The van der Waals surface area contributed by atoms with E-state index in [1.54, 1.807) is 11.3 Å². The van der Waals surface area contributed by atoms with Crippen LogP contribution in [0.1, 0.15) is 30.2 Å². The summed E-state index contributed by atoms with van der Waals surface area (Å²) in [7, 11) is 0. The smallest absolute Gasteiger partial charge is 0.100 e. The Morgan fingerprint density at radius 3 is 3.07 bits per heavy atom. The second kappa shape index (κ2) is 6.57. The first-order valence-electron chi connectivity index (χ1n) is 5.12. The fourth-order valence-electron chi connectivity index (χ4n) is 1.33. The van der Waals surface area contributed by atoms with Gasteiger partial charge in [0.2, 0.25) is 0 Å². The van der Waals surface area contributed by atoms with Gasteiger partial charge >= 0.3 is 0 Å². The van der Waals surface area contributed by atoms with Crippen molar-refractivity contribution in [3.8, 4) is 6.07 Å². The van der Waals surface area contributed by atoms with E-state index in [0.29, 0.717) is 12.1 Å². The Hall–Kier alpha value is -0.890. The van der Waals surface area contributed by atoms with Gasteiger partial charge in [0.05, 0.1) is 11.7 Å². The van der Waals surface area contributed by atoms with Crippen molar-refractivity contribution in [2.24, 2.45) is 0 Å². The molecule has 0 fully saturated rings. The molecule has 0 aliphatic rings. The van der Waals surface area contributed by atoms with Crippen molar-refractivity contribution in [2.45, 2.75) is 32.4 Å². The number of hydrogen-bond acceptors (Lipinski definition) is 4. The first-order valence-corrected chi connectivity index (χ1v) is 6.00. The number of hydrogen-bond donors (Lipinski definition) is 2. The monoisotopic (exact) mass is 224 g/mol. The van der Waals surface area contributed by atoms with Crippen LogP contribution in [0.5, 0.6) is 0 Å². The van der Waals surface area contributed by atoms with E-state index in [1.165, 1.54) is 0 Å². The molecule has 4 heteroatoms. The van der Waals surface area contributed by atoms with E-state index in [0.717, 1.165) is 24.3 Å². The van der Waals surface area contributed by atoms with Crippen LogP contribution in [0.25, 0.3) is 0 Å². The normalized spacial score (nSPS) is 12.3. The first-order chi connectivity index (χ1) is 7.26. The van der Waals surface area contributed by atoms with Crippen molar-refractivity contribution < 1.29 is 5.11 Å². The maximum Gasteiger partial charge on any atom is 0.100 e. The largest absolute Gasteiger partial charge is 0.392 e. The number of nitrogens with zero attached hydrogens (tertiary/aromatic N) is 1. The summed E-state index contributed by atoms with van der Waals surface area (Å²) in [5.41, 5.74) is 0.714. The van der Waals surface area contributed by atoms with E-state index in [1.807, 2.05) is 11.4 Å². The molecular weight excluding hydrogens is 208 g/mol. The molecule has 1 heterocycles. The standard InChI is InChI=1S/C11H16N2OS/c1-2-3-10(14)6-13-7-11-4-9(5-12)8-15-11/h4,8,10,13-14H,2-3,6-7H2,1H3. The van der Waals surface area contributed by atoms with Crippen LogP contribution in [0, 0.1) is 11.3 Å². The summed E-state index contributed by atoms with van der Waals surface area (Å²) in [5.74, 6) is 0. The molecule has 2 N–H and O–H groups in total. The number of nitrogens with one attached hydrogen (secondary N) is 1. The van der Waals surface area contributed by atoms with E-state index >= 15 is 0 Å². The maximum absolute atomic E-state index is 9.47. The fourth-order valence-corrected chi connectivity index (χ4v) is 2.11. The zero-order chi connectivity index (χ0) is 11.1. The molecular formula is C11H16N2OS. The Labute approximate surface area is 94.4 Å². The lowest BCUT2D eigenvalue weighted by molar-refractivity contribution is 0.160. The van der Waals surface area contributed by atoms with Crippen LogP contribution in [0.15, 0.2) is 11.4 Å². The second-order valence-electron chi connectivity index (χ2n) is 3.49. The number of aliphatic hydroxyl groups excluding tert-OH is 1. The zero-order valence-corrected chi connectivity index (χ0v) is 9.68. The van der Waals surface area contributed by atoms with Crippen molar-refractivity contribution in [1.82, 2.24) is 5.32 Å². The molecule has 0 aromatic carbocycles. The average Bonchev–Trinajstić information content (AvgIpc) is 2.66. The van der Waals surface area contributed by atoms with Gasteiger partial charge in [-0.3, -0.25) is 0 Å². The third-order valence-corrected chi connectivity index (χ3v) is 3.02. The highest BCUT2D eigenvalue weighted by molar-refractivity contribution is 7.10. The molecule has 1 atom stereocenters. The van der Waals surface area contributed by atoms with Crippen LogP contribution >= 0.6 is 11.3 Å². The molecule has 0 saturated carbocycles. The minimum Gasteiger partial charge on any atom is -0.392 e. The summed E-state index contributed by atoms with van der Waals surface area (Å²) in [6.07, 6.45) is 1.58. The predicted molar refractivity (Wildman–Crippen MR) is 61.7 cm³/mol. The Bertz CT molecular complexity index is 330. The van der Waals surface area contributed by atoms with Gasteiger partial charge in [-0.25, -0.2) is 0 Å².